The minimum Gasteiger partial charge on any atom is -0.0632 e. The first-order chi connectivity index (χ1) is 6.21. The van der Waals surface area contributed by atoms with Crippen LogP contribution < -0.4 is 0 Å². The lowest BCUT2D eigenvalue weighted by atomic mass is 10.2. The maximum absolute atomic E-state index is 2.41. The molecular weight excluding hydrogens is 200 g/mol. The van der Waals surface area contributed by atoms with E-state index in [1.54, 1.807) is 12.1 Å². The summed E-state index contributed by atoms with van der Waals surface area (Å²) < 4.78 is 0. The van der Waals surface area contributed by atoms with Crippen LogP contribution in [0.15, 0.2) is 0 Å². The summed E-state index contributed by atoms with van der Waals surface area (Å²) in [6, 6.07) is 3.14. The van der Waals surface area contributed by atoms with Crippen molar-refractivity contribution in [1.82, 2.24) is 0 Å². The standard InChI is InChI=1S/C12H30Si2/c1-11(2,3)13-9-7-8-10-14-12(4,5)6/h7-10,13-14H2,1-6H3. The summed E-state index contributed by atoms with van der Waals surface area (Å²) >= 11 is 0. The minimum absolute atomic E-state index is 0.203. The number of unbranched alkanes of at least 4 members (excludes halogenated alkanes) is 1. The zero-order valence-corrected chi connectivity index (χ0v) is 14.1. The van der Waals surface area contributed by atoms with Crippen molar-refractivity contribution in [3.63, 3.8) is 0 Å². The SMILES string of the molecule is CC(C)(C)[SiH2]CCCC[SiH2]C(C)(C)C. The van der Waals surface area contributed by atoms with E-state index in [1.807, 2.05) is 0 Å². The summed E-state index contributed by atoms with van der Waals surface area (Å²) in [7, 11) is 0.406. The third-order valence-electron chi connectivity index (χ3n) is 2.60. The van der Waals surface area contributed by atoms with E-state index in [0.717, 1.165) is 0 Å². The Morgan fingerprint density at radius 1 is 0.643 bits per heavy atom. The van der Waals surface area contributed by atoms with E-state index in [0.29, 0.717) is 10.1 Å². The fourth-order valence-electron chi connectivity index (χ4n) is 1.66. The monoisotopic (exact) mass is 230 g/mol. The fourth-order valence-corrected chi connectivity index (χ4v) is 4.99. The van der Waals surface area contributed by atoms with E-state index < -0.39 is 0 Å². The largest absolute Gasteiger partial charge is 0.0632 e. The van der Waals surface area contributed by atoms with Crippen molar-refractivity contribution >= 4 is 19.0 Å². The van der Waals surface area contributed by atoms with Gasteiger partial charge in [0.1, 0.15) is 0 Å². The van der Waals surface area contributed by atoms with E-state index in [4.69, 9.17) is 0 Å². The molecule has 0 aromatic rings. The molecule has 0 aliphatic heterocycles. The van der Waals surface area contributed by atoms with Crippen LogP contribution >= 0.6 is 0 Å². The van der Waals surface area contributed by atoms with Crippen LogP contribution in [-0.4, -0.2) is 19.0 Å². The van der Waals surface area contributed by atoms with Crippen molar-refractivity contribution in [2.75, 3.05) is 0 Å². The predicted octanol–water partition coefficient (Wildman–Crippen LogP) is 3.38. The molecule has 0 rings (SSSR count). The third kappa shape index (κ3) is 12.4. The number of rotatable bonds is 5. The molecule has 0 atom stereocenters. The van der Waals surface area contributed by atoms with Gasteiger partial charge in [0, 0.05) is 19.0 Å². The van der Waals surface area contributed by atoms with Gasteiger partial charge >= 0.3 is 0 Å². The Morgan fingerprint density at radius 2 is 0.929 bits per heavy atom. The van der Waals surface area contributed by atoms with E-state index in [1.165, 1.54) is 12.8 Å². The highest BCUT2D eigenvalue weighted by molar-refractivity contribution is 6.40. The molecule has 0 nitrogen and oxygen atoms in total. The highest BCUT2D eigenvalue weighted by atomic mass is 28.2. The smallest absolute Gasteiger partial charge is 0.0260 e. The van der Waals surface area contributed by atoms with Gasteiger partial charge in [0.25, 0.3) is 0 Å². The summed E-state index contributed by atoms with van der Waals surface area (Å²) in [6.07, 6.45) is 3.04. The molecule has 14 heavy (non-hydrogen) atoms. The molecule has 0 heterocycles. The molecule has 0 aliphatic rings. The molecule has 0 aromatic carbocycles. The van der Waals surface area contributed by atoms with Crippen LogP contribution in [-0.2, 0) is 0 Å². The molecule has 0 aromatic heterocycles. The molecule has 0 bridgehead atoms. The average Bonchev–Trinajstić information content (AvgIpc) is 1.92. The lowest BCUT2D eigenvalue weighted by molar-refractivity contribution is 0.726. The van der Waals surface area contributed by atoms with Gasteiger partial charge in [-0.05, 0) is 10.1 Å². The molecule has 0 aliphatic carbocycles. The first-order valence-electron chi connectivity index (χ1n) is 6.21. The molecule has 0 amide bonds. The molecule has 0 fully saturated rings. The van der Waals surface area contributed by atoms with Crippen LogP contribution in [0.5, 0.6) is 0 Å². The predicted molar refractivity (Wildman–Crippen MR) is 75.4 cm³/mol. The highest BCUT2D eigenvalue weighted by Crippen LogP contribution is 2.24. The molecular formula is C12H30Si2. The van der Waals surface area contributed by atoms with E-state index in [9.17, 15) is 0 Å². The number of hydrogen-bond donors (Lipinski definition) is 0. The summed E-state index contributed by atoms with van der Waals surface area (Å²) in [5.74, 6) is 0. The van der Waals surface area contributed by atoms with Gasteiger partial charge in [-0.25, -0.2) is 0 Å². The first kappa shape index (κ1) is 14.4. The maximum Gasteiger partial charge on any atom is 0.0260 e. The van der Waals surface area contributed by atoms with Crippen LogP contribution in [0.25, 0.3) is 0 Å². The van der Waals surface area contributed by atoms with Crippen molar-refractivity contribution < 1.29 is 0 Å². The minimum atomic E-state index is 0.203. The Kier molecular flexibility index (Phi) is 6.30. The quantitative estimate of drug-likeness (QED) is 0.502. The van der Waals surface area contributed by atoms with Crippen LogP contribution in [0, 0.1) is 0 Å². The zero-order valence-electron chi connectivity index (χ0n) is 11.2. The van der Waals surface area contributed by atoms with Gasteiger partial charge in [-0.2, -0.15) is 0 Å². The lowest BCUT2D eigenvalue weighted by Crippen LogP contribution is -2.09. The second-order valence-electron chi connectivity index (χ2n) is 7.04. The summed E-state index contributed by atoms with van der Waals surface area (Å²) in [5, 5.41) is 1.36. The average molecular weight is 231 g/mol. The topological polar surface area (TPSA) is 0 Å². The van der Waals surface area contributed by atoms with E-state index in [-0.39, 0.29) is 19.0 Å². The normalized spacial score (nSPS) is 15.0. The van der Waals surface area contributed by atoms with Gasteiger partial charge in [-0.15, -0.1) is 0 Å². The fraction of sp³-hybridized carbons (Fsp3) is 1.00. The molecule has 0 saturated heterocycles. The van der Waals surface area contributed by atoms with Crippen molar-refractivity contribution in [2.24, 2.45) is 0 Å². The van der Waals surface area contributed by atoms with Crippen LogP contribution in [0.1, 0.15) is 54.4 Å². The van der Waals surface area contributed by atoms with E-state index >= 15 is 0 Å². The molecule has 0 unspecified atom stereocenters. The Bertz CT molecular complexity index is 121. The molecule has 0 saturated carbocycles. The molecule has 0 spiro atoms. The molecule has 0 N–H and O–H groups in total. The Hall–Kier alpha value is 0.434. The molecule has 86 valence electrons. The Morgan fingerprint density at radius 3 is 1.14 bits per heavy atom. The zero-order chi connectivity index (χ0) is 11.2. The summed E-state index contributed by atoms with van der Waals surface area (Å²) in [6.45, 7) is 14.4. The van der Waals surface area contributed by atoms with Crippen molar-refractivity contribution in [2.45, 2.75) is 76.5 Å². The van der Waals surface area contributed by atoms with Crippen LogP contribution in [0.2, 0.25) is 22.2 Å². The van der Waals surface area contributed by atoms with Crippen molar-refractivity contribution in [1.29, 1.82) is 0 Å². The Labute approximate surface area is 95.9 Å². The van der Waals surface area contributed by atoms with Crippen LogP contribution in [0.4, 0.5) is 0 Å². The summed E-state index contributed by atoms with van der Waals surface area (Å²) in [4.78, 5) is 0. The van der Waals surface area contributed by atoms with Crippen molar-refractivity contribution in [3.05, 3.63) is 0 Å². The van der Waals surface area contributed by atoms with E-state index in [2.05, 4.69) is 41.5 Å². The maximum atomic E-state index is 2.41. The van der Waals surface area contributed by atoms with Crippen molar-refractivity contribution in [3.8, 4) is 0 Å². The Balaban J connectivity index is 3.23. The second kappa shape index (κ2) is 6.11. The van der Waals surface area contributed by atoms with Gasteiger partial charge in [-0.3, -0.25) is 0 Å². The molecule has 2 heteroatoms. The van der Waals surface area contributed by atoms with Gasteiger partial charge in [0.2, 0.25) is 0 Å². The molecule has 0 radical (unpaired) electrons. The highest BCUT2D eigenvalue weighted by Gasteiger charge is 2.11. The van der Waals surface area contributed by atoms with Gasteiger partial charge in [0.15, 0.2) is 0 Å². The summed E-state index contributed by atoms with van der Waals surface area (Å²) in [5.41, 5.74) is 0. The van der Waals surface area contributed by atoms with Gasteiger partial charge in [-0.1, -0.05) is 66.5 Å². The van der Waals surface area contributed by atoms with Gasteiger partial charge < -0.3 is 0 Å². The number of hydrogen-bond acceptors (Lipinski definition) is 0. The third-order valence-corrected chi connectivity index (χ3v) is 7.31. The lowest BCUT2D eigenvalue weighted by Gasteiger charge is -2.18. The first-order valence-corrected chi connectivity index (χ1v) is 9.62. The van der Waals surface area contributed by atoms with Gasteiger partial charge in [0.05, 0.1) is 0 Å². The second-order valence-corrected chi connectivity index (χ2v) is 13.7. The van der Waals surface area contributed by atoms with Crippen LogP contribution in [0.3, 0.4) is 0 Å².